The Bertz CT molecular complexity index is 530. The summed E-state index contributed by atoms with van der Waals surface area (Å²) >= 11 is 1.52. The van der Waals surface area contributed by atoms with Gasteiger partial charge in [-0.1, -0.05) is 0 Å². The number of nitrogens with zero attached hydrogens (tertiary/aromatic N) is 1. The molecule has 0 fully saturated rings. The topological polar surface area (TPSA) is 80.3 Å². The van der Waals surface area contributed by atoms with E-state index < -0.39 is 0 Å². The number of esters is 1. The van der Waals surface area contributed by atoms with Crippen molar-refractivity contribution in [2.24, 2.45) is 0 Å². The maximum absolute atomic E-state index is 11.9. The molecular formula is C14H21N3O3S. The summed E-state index contributed by atoms with van der Waals surface area (Å²) in [4.78, 5) is 29.2. The molecule has 0 aliphatic heterocycles. The van der Waals surface area contributed by atoms with Crippen molar-refractivity contribution in [2.75, 3.05) is 18.5 Å². The van der Waals surface area contributed by atoms with Crippen LogP contribution in [0.4, 0.5) is 5.13 Å². The summed E-state index contributed by atoms with van der Waals surface area (Å²) in [5.74, 6) is -0.522. The van der Waals surface area contributed by atoms with Crippen molar-refractivity contribution in [1.29, 1.82) is 0 Å². The Balaban J connectivity index is 2.04. The molecule has 0 bridgehead atoms. The molecule has 116 valence electrons. The second-order valence-electron chi connectivity index (χ2n) is 4.93. The fraction of sp³-hybridized carbons (Fsp3) is 0.643. The third-order valence-corrected chi connectivity index (χ3v) is 4.44. The molecule has 2 N–H and O–H groups in total. The van der Waals surface area contributed by atoms with Crippen molar-refractivity contribution in [3.8, 4) is 0 Å². The first-order valence-corrected chi connectivity index (χ1v) is 8.08. The zero-order chi connectivity index (χ0) is 15.4. The largest absolute Gasteiger partial charge is 0.465 e. The van der Waals surface area contributed by atoms with E-state index in [0.717, 1.165) is 23.4 Å². The maximum Gasteiger partial charge on any atom is 0.315 e. The van der Waals surface area contributed by atoms with Gasteiger partial charge in [-0.3, -0.25) is 9.59 Å². The van der Waals surface area contributed by atoms with Crippen molar-refractivity contribution >= 4 is 28.3 Å². The van der Waals surface area contributed by atoms with Crippen molar-refractivity contribution < 1.29 is 14.3 Å². The number of anilines is 1. The molecular weight excluding hydrogens is 290 g/mol. The second kappa shape index (κ2) is 6.89. The van der Waals surface area contributed by atoms with E-state index in [1.807, 2.05) is 6.92 Å². The van der Waals surface area contributed by atoms with Crippen LogP contribution in [0.3, 0.4) is 0 Å². The van der Waals surface area contributed by atoms with Gasteiger partial charge < -0.3 is 15.4 Å². The lowest BCUT2D eigenvalue weighted by molar-refractivity contribution is -0.145. The van der Waals surface area contributed by atoms with E-state index in [1.54, 1.807) is 13.8 Å². The van der Waals surface area contributed by atoms with E-state index in [4.69, 9.17) is 4.74 Å². The Morgan fingerprint density at radius 2 is 2.24 bits per heavy atom. The number of thiazole rings is 1. The van der Waals surface area contributed by atoms with Gasteiger partial charge in [-0.05, 0) is 33.6 Å². The Kier molecular flexibility index (Phi) is 5.17. The van der Waals surface area contributed by atoms with E-state index >= 15 is 0 Å². The summed E-state index contributed by atoms with van der Waals surface area (Å²) in [6, 6.07) is -0.350. The zero-order valence-corrected chi connectivity index (χ0v) is 13.4. The number of rotatable bonds is 6. The molecule has 2 unspecified atom stereocenters. The van der Waals surface area contributed by atoms with Crippen LogP contribution in [-0.2, 0) is 20.7 Å². The van der Waals surface area contributed by atoms with Crippen LogP contribution in [0.5, 0.6) is 0 Å². The predicted octanol–water partition coefficient (Wildman–Crippen LogP) is 1.67. The summed E-state index contributed by atoms with van der Waals surface area (Å²) in [6.45, 7) is 6.46. The highest BCUT2D eigenvalue weighted by Gasteiger charge is 2.33. The van der Waals surface area contributed by atoms with E-state index in [-0.39, 0.29) is 23.8 Å². The van der Waals surface area contributed by atoms with Crippen LogP contribution in [0.25, 0.3) is 0 Å². The number of likely N-dealkylation sites (N-methyl/N-ethyl adjacent to an activating group) is 1. The van der Waals surface area contributed by atoms with E-state index in [2.05, 4.69) is 15.6 Å². The van der Waals surface area contributed by atoms with Crippen molar-refractivity contribution in [2.45, 2.75) is 45.6 Å². The van der Waals surface area contributed by atoms with E-state index in [9.17, 15) is 9.59 Å². The number of carbonyl (C=O) groups is 2. The first-order chi connectivity index (χ1) is 10.1. The summed E-state index contributed by atoms with van der Waals surface area (Å²) in [6.07, 6.45) is 1.60. The molecule has 7 heteroatoms. The number of carbonyl (C=O) groups excluding carboxylic acids is 2. The molecule has 0 saturated heterocycles. The van der Waals surface area contributed by atoms with Gasteiger partial charge in [0.1, 0.15) is 12.0 Å². The average Bonchev–Trinajstić information content (AvgIpc) is 2.98. The summed E-state index contributed by atoms with van der Waals surface area (Å²) < 4.78 is 5.08. The number of aryl methyl sites for hydroxylation is 1. The highest BCUT2D eigenvalue weighted by molar-refractivity contribution is 7.15. The minimum Gasteiger partial charge on any atom is -0.465 e. The lowest BCUT2D eigenvalue weighted by Gasteiger charge is -2.12. The number of hydrogen-bond donors (Lipinski definition) is 2. The Morgan fingerprint density at radius 3 is 2.90 bits per heavy atom. The Hall–Kier alpha value is -1.63. The number of nitrogens with one attached hydrogen (secondary N) is 2. The summed E-state index contributed by atoms with van der Waals surface area (Å²) in [5, 5.41) is 6.54. The normalized spacial score (nSPS) is 18.0. The van der Waals surface area contributed by atoms with Gasteiger partial charge in [0.2, 0.25) is 5.91 Å². The van der Waals surface area contributed by atoms with Gasteiger partial charge in [0, 0.05) is 11.4 Å². The first kappa shape index (κ1) is 15.8. The van der Waals surface area contributed by atoms with Crippen LogP contribution >= 0.6 is 11.3 Å². The predicted molar refractivity (Wildman–Crippen MR) is 81.6 cm³/mol. The first-order valence-electron chi connectivity index (χ1n) is 7.27. The molecule has 1 aromatic rings. The molecule has 1 amide bonds. The SMILES string of the molecule is CCNC(=O)C(C)Nc1nc2c(s1)CCC2C(=O)OCC. The molecule has 0 aromatic carbocycles. The average molecular weight is 311 g/mol. The van der Waals surface area contributed by atoms with Gasteiger partial charge in [-0.2, -0.15) is 0 Å². The highest BCUT2D eigenvalue weighted by Crippen LogP contribution is 2.39. The molecule has 2 atom stereocenters. The highest BCUT2D eigenvalue weighted by atomic mass is 32.1. The molecule has 1 heterocycles. The summed E-state index contributed by atoms with van der Waals surface area (Å²) in [7, 11) is 0. The number of hydrogen-bond acceptors (Lipinski definition) is 6. The van der Waals surface area contributed by atoms with E-state index in [0.29, 0.717) is 18.3 Å². The van der Waals surface area contributed by atoms with Gasteiger partial charge in [0.15, 0.2) is 5.13 Å². The molecule has 21 heavy (non-hydrogen) atoms. The Labute approximate surface area is 128 Å². The van der Waals surface area contributed by atoms with Crippen molar-refractivity contribution in [3.05, 3.63) is 10.6 Å². The molecule has 2 rings (SSSR count). The van der Waals surface area contributed by atoms with Crippen LogP contribution in [0, 0.1) is 0 Å². The molecule has 1 aliphatic carbocycles. The molecule has 0 spiro atoms. The summed E-state index contributed by atoms with van der Waals surface area (Å²) in [5.41, 5.74) is 0.809. The molecule has 0 saturated carbocycles. The number of aromatic nitrogens is 1. The monoisotopic (exact) mass is 311 g/mol. The minimum absolute atomic E-state index is 0.0604. The fourth-order valence-electron chi connectivity index (χ4n) is 2.34. The van der Waals surface area contributed by atoms with Crippen molar-refractivity contribution in [3.63, 3.8) is 0 Å². The quantitative estimate of drug-likeness (QED) is 0.781. The molecule has 6 nitrogen and oxygen atoms in total. The van der Waals surface area contributed by atoms with E-state index in [1.165, 1.54) is 11.3 Å². The smallest absolute Gasteiger partial charge is 0.315 e. The third kappa shape index (κ3) is 3.53. The van der Waals surface area contributed by atoms with Crippen LogP contribution < -0.4 is 10.6 Å². The lowest BCUT2D eigenvalue weighted by Crippen LogP contribution is -2.37. The zero-order valence-electron chi connectivity index (χ0n) is 12.6. The van der Waals surface area contributed by atoms with Gasteiger partial charge in [-0.25, -0.2) is 4.98 Å². The maximum atomic E-state index is 11.9. The van der Waals surface area contributed by atoms with Crippen LogP contribution in [-0.4, -0.2) is 36.1 Å². The number of ether oxygens (including phenoxy) is 1. The number of amides is 1. The number of fused-ring (bicyclic) bond motifs is 1. The van der Waals surface area contributed by atoms with Crippen LogP contribution in [0.2, 0.25) is 0 Å². The van der Waals surface area contributed by atoms with Crippen molar-refractivity contribution in [1.82, 2.24) is 10.3 Å². The standard InChI is InChI=1S/C14H21N3O3S/c1-4-15-12(18)8(3)16-14-17-11-9(13(19)20-5-2)6-7-10(11)21-14/h8-9H,4-7H2,1-3H3,(H,15,18)(H,16,17). The molecule has 0 radical (unpaired) electrons. The molecule has 1 aliphatic rings. The van der Waals surface area contributed by atoms with Gasteiger partial charge >= 0.3 is 5.97 Å². The van der Waals surface area contributed by atoms with Crippen LogP contribution in [0.15, 0.2) is 0 Å². The van der Waals surface area contributed by atoms with Gasteiger partial charge in [-0.15, -0.1) is 11.3 Å². The second-order valence-corrected chi connectivity index (χ2v) is 6.01. The van der Waals surface area contributed by atoms with Crippen LogP contribution in [0.1, 0.15) is 43.7 Å². The fourth-order valence-corrected chi connectivity index (χ4v) is 3.46. The molecule has 1 aromatic heterocycles. The Morgan fingerprint density at radius 1 is 1.48 bits per heavy atom. The lowest BCUT2D eigenvalue weighted by atomic mass is 10.1. The minimum atomic E-state index is -0.350. The van der Waals surface area contributed by atoms with Gasteiger partial charge in [0.05, 0.1) is 12.3 Å². The third-order valence-electron chi connectivity index (χ3n) is 3.37. The van der Waals surface area contributed by atoms with Gasteiger partial charge in [0.25, 0.3) is 0 Å².